The maximum Gasteiger partial charge on any atom is 0.179 e. The lowest BCUT2D eigenvalue weighted by molar-refractivity contribution is -0.254. The zero-order valence-electron chi connectivity index (χ0n) is 15.3. The lowest BCUT2D eigenvalue weighted by atomic mass is 10.1. The van der Waals surface area contributed by atoms with Crippen molar-refractivity contribution >= 4 is 41.1 Å². The number of halogens is 1. The van der Waals surface area contributed by atoms with Gasteiger partial charge in [0.05, 0.1) is 35.3 Å². The molecule has 7 heteroatoms. The molecule has 144 valence electrons. The molecule has 2 aromatic carbocycles. The number of carboxylic acid groups (broad SMARTS) is 1. The van der Waals surface area contributed by atoms with Gasteiger partial charge in [0.1, 0.15) is 5.01 Å². The van der Waals surface area contributed by atoms with E-state index < -0.39 is 5.97 Å². The molecule has 0 atom stereocenters. The Hall–Kier alpha value is -2.83. The summed E-state index contributed by atoms with van der Waals surface area (Å²) in [5.74, 6) is -0.237. The predicted molar refractivity (Wildman–Crippen MR) is 110 cm³/mol. The monoisotopic (exact) mass is 414 g/mol. The van der Waals surface area contributed by atoms with Crippen LogP contribution in [0.1, 0.15) is 27.2 Å². The molecule has 0 unspecified atom stereocenters. The first kappa shape index (κ1) is 19.9. The van der Waals surface area contributed by atoms with E-state index in [4.69, 9.17) is 21.1 Å². The largest absolute Gasteiger partial charge is 0.544 e. The van der Waals surface area contributed by atoms with Gasteiger partial charge in [-0.05, 0) is 30.7 Å². The maximum absolute atomic E-state index is 11.5. The first-order valence-electron chi connectivity index (χ1n) is 8.49. The van der Waals surface area contributed by atoms with Gasteiger partial charge in [-0.2, -0.15) is 0 Å². The third-order valence-corrected chi connectivity index (χ3v) is 5.11. The Labute approximate surface area is 171 Å². The summed E-state index contributed by atoms with van der Waals surface area (Å²) < 4.78 is 10.8. The van der Waals surface area contributed by atoms with E-state index in [0.29, 0.717) is 33.8 Å². The summed E-state index contributed by atoms with van der Waals surface area (Å²) in [5, 5.41) is 12.5. The molecule has 5 nitrogen and oxygen atoms in total. The number of hydrogen-bond donors (Lipinski definition) is 0. The van der Waals surface area contributed by atoms with Crippen LogP contribution in [0.5, 0.6) is 11.5 Å². The number of aromatic carboxylic acids is 1. The molecule has 0 spiro atoms. The van der Waals surface area contributed by atoms with Crippen molar-refractivity contribution in [2.24, 2.45) is 0 Å². The molecule has 1 aromatic heterocycles. The van der Waals surface area contributed by atoms with Crippen molar-refractivity contribution in [1.82, 2.24) is 4.98 Å². The van der Waals surface area contributed by atoms with Crippen LogP contribution in [0.25, 0.3) is 23.4 Å². The fourth-order valence-electron chi connectivity index (χ4n) is 2.65. The normalized spacial score (nSPS) is 11.0. The van der Waals surface area contributed by atoms with E-state index in [1.165, 1.54) is 7.11 Å². The van der Waals surface area contributed by atoms with Gasteiger partial charge in [0.15, 0.2) is 11.5 Å². The van der Waals surface area contributed by atoms with Crippen LogP contribution in [-0.2, 0) is 0 Å². The number of carbonyl (C=O) groups is 1. The lowest BCUT2D eigenvalue weighted by Crippen LogP contribution is -2.21. The Morgan fingerprint density at radius 3 is 2.64 bits per heavy atom. The predicted octanol–water partition coefficient (Wildman–Crippen LogP) is 4.40. The molecule has 0 aliphatic heterocycles. The second-order valence-electron chi connectivity index (χ2n) is 5.68. The van der Waals surface area contributed by atoms with Crippen LogP contribution < -0.4 is 14.6 Å². The molecule has 3 aromatic rings. The number of thiazole rings is 1. The number of methoxy groups -OCH3 is 1. The topological polar surface area (TPSA) is 71.5 Å². The van der Waals surface area contributed by atoms with Gasteiger partial charge in [-0.3, -0.25) is 0 Å². The summed E-state index contributed by atoms with van der Waals surface area (Å²) in [6.45, 7) is 2.35. The van der Waals surface area contributed by atoms with E-state index in [9.17, 15) is 9.90 Å². The Kier molecular flexibility index (Phi) is 6.34. The SMILES string of the molecule is CCOc1cc(/C=C/c2nc(-c3ccccc3)c(C(=O)[O-])s2)cc(Cl)c1OC. The molecule has 1 heterocycles. The number of benzene rings is 2. The minimum Gasteiger partial charge on any atom is -0.544 e. The summed E-state index contributed by atoms with van der Waals surface area (Å²) >= 11 is 7.32. The number of nitrogens with zero attached hydrogens (tertiary/aromatic N) is 1. The summed E-state index contributed by atoms with van der Waals surface area (Å²) in [4.78, 5) is 16.0. The molecule has 0 aliphatic rings. The molecule has 0 saturated heterocycles. The van der Waals surface area contributed by atoms with Crippen LogP contribution in [0.15, 0.2) is 42.5 Å². The summed E-state index contributed by atoms with van der Waals surface area (Å²) in [6, 6.07) is 12.7. The number of aromatic nitrogens is 1. The van der Waals surface area contributed by atoms with Crippen molar-refractivity contribution in [2.75, 3.05) is 13.7 Å². The highest BCUT2D eigenvalue weighted by atomic mass is 35.5. The maximum atomic E-state index is 11.5. The minimum atomic E-state index is -1.25. The molecule has 28 heavy (non-hydrogen) atoms. The number of carbonyl (C=O) groups excluding carboxylic acids is 1. The molecule has 3 rings (SSSR count). The number of ether oxygens (including phenoxy) is 2. The van der Waals surface area contributed by atoms with Crippen molar-refractivity contribution in [3.8, 4) is 22.8 Å². The van der Waals surface area contributed by atoms with Crippen LogP contribution in [0.3, 0.4) is 0 Å². The van der Waals surface area contributed by atoms with Crippen LogP contribution in [0.2, 0.25) is 5.02 Å². The summed E-state index contributed by atoms with van der Waals surface area (Å²) in [6.07, 6.45) is 3.53. The van der Waals surface area contributed by atoms with Crippen molar-refractivity contribution in [1.29, 1.82) is 0 Å². The van der Waals surface area contributed by atoms with Crippen LogP contribution in [0.4, 0.5) is 0 Å². The Balaban J connectivity index is 1.96. The average Bonchev–Trinajstić information content (AvgIpc) is 3.12. The first-order chi connectivity index (χ1) is 13.5. The highest BCUT2D eigenvalue weighted by Gasteiger charge is 2.13. The molecule has 0 radical (unpaired) electrons. The van der Waals surface area contributed by atoms with Gasteiger partial charge in [0.2, 0.25) is 0 Å². The molecule has 0 amide bonds. The van der Waals surface area contributed by atoms with E-state index in [1.807, 2.05) is 37.3 Å². The Bertz CT molecular complexity index is 1010. The van der Waals surface area contributed by atoms with Gasteiger partial charge < -0.3 is 19.4 Å². The minimum absolute atomic E-state index is 0.0913. The van der Waals surface area contributed by atoms with Crippen molar-refractivity contribution in [3.05, 3.63) is 62.9 Å². The first-order valence-corrected chi connectivity index (χ1v) is 9.69. The van der Waals surface area contributed by atoms with Gasteiger partial charge in [-0.1, -0.05) is 48.0 Å². The fraction of sp³-hybridized carbons (Fsp3) is 0.143. The van der Waals surface area contributed by atoms with Crippen LogP contribution in [0, 0.1) is 0 Å². The molecule has 0 bridgehead atoms. The highest BCUT2D eigenvalue weighted by molar-refractivity contribution is 7.14. The van der Waals surface area contributed by atoms with Crippen LogP contribution >= 0.6 is 22.9 Å². The second kappa shape index (κ2) is 8.91. The number of rotatable bonds is 7. The summed E-state index contributed by atoms with van der Waals surface area (Å²) in [7, 11) is 1.53. The number of hydrogen-bond acceptors (Lipinski definition) is 6. The molecule has 0 aliphatic carbocycles. The van der Waals surface area contributed by atoms with Gasteiger partial charge in [-0.15, -0.1) is 11.3 Å². The van der Waals surface area contributed by atoms with Crippen molar-refractivity contribution in [3.63, 3.8) is 0 Å². The van der Waals surface area contributed by atoms with Crippen molar-refractivity contribution < 1.29 is 19.4 Å². The third kappa shape index (κ3) is 4.35. The molecular weight excluding hydrogens is 398 g/mol. The van der Waals surface area contributed by atoms with E-state index in [2.05, 4.69) is 4.98 Å². The zero-order chi connectivity index (χ0) is 20.1. The van der Waals surface area contributed by atoms with E-state index in [-0.39, 0.29) is 4.88 Å². The van der Waals surface area contributed by atoms with Crippen molar-refractivity contribution in [2.45, 2.75) is 6.92 Å². The Morgan fingerprint density at radius 2 is 2.00 bits per heavy atom. The zero-order valence-corrected chi connectivity index (χ0v) is 16.8. The van der Waals surface area contributed by atoms with Crippen LogP contribution in [-0.4, -0.2) is 24.7 Å². The van der Waals surface area contributed by atoms with Gasteiger partial charge in [0.25, 0.3) is 0 Å². The number of carboxylic acids is 1. The molecule has 0 N–H and O–H groups in total. The van der Waals surface area contributed by atoms with Gasteiger partial charge in [-0.25, -0.2) is 4.98 Å². The molecular formula is C21H17ClNO4S-. The quantitative estimate of drug-likeness (QED) is 0.572. The van der Waals surface area contributed by atoms with Gasteiger partial charge in [0, 0.05) is 5.56 Å². The lowest BCUT2D eigenvalue weighted by Gasteiger charge is -2.11. The Morgan fingerprint density at radius 1 is 1.25 bits per heavy atom. The van der Waals surface area contributed by atoms with Gasteiger partial charge >= 0.3 is 0 Å². The molecule has 0 saturated carbocycles. The smallest absolute Gasteiger partial charge is 0.179 e. The standard InChI is InChI=1S/C21H18ClNO4S/c1-3-27-16-12-13(11-15(22)19(16)26-2)9-10-17-23-18(20(28-17)21(24)25)14-7-5-4-6-8-14/h4-12H,3H2,1-2H3,(H,24,25)/p-1/b10-9+. The highest BCUT2D eigenvalue weighted by Crippen LogP contribution is 2.37. The van der Waals surface area contributed by atoms with E-state index >= 15 is 0 Å². The third-order valence-electron chi connectivity index (χ3n) is 3.83. The van der Waals surface area contributed by atoms with E-state index in [1.54, 1.807) is 24.3 Å². The van der Waals surface area contributed by atoms with E-state index in [0.717, 1.165) is 22.5 Å². The fourth-order valence-corrected chi connectivity index (χ4v) is 3.77. The summed E-state index contributed by atoms with van der Waals surface area (Å²) in [5.41, 5.74) is 1.90. The second-order valence-corrected chi connectivity index (χ2v) is 7.12. The molecule has 0 fully saturated rings. The average molecular weight is 415 g/mol.